The Bertz CT molecular complexity index is 2970. The number of hydrogen-bond acceptors (Lipinski definition) is 19. The summed E-state index contributed by atoms with van der Waals surface area (Å²) in [6.07, 6.45) is 1.36. The third-order valence-corrected chi connectivity index (χ3v) is 48.4. The molecule has 14 heterocycles. The third kappa shape index (κ3) is 16.5. The van der Waals surface area contributed by atoms with Crippen LogP contribution in [0, 0.1) is 35.5 Å². The number of ketones is 1. The van der Waals surface area contributed by atoms with E-state index in [0.717, 1.165) is 97.6 Å². The van der Waals surface area contributed by atoms with Crippen molar-refractivity contribution in [3.63, 3.8) is 0 Å². The summed E-state index contributed by atoms with van der Waals surface area (Å²) in [4.78, 5) is 30.9. The van der Waals surface area contributed by atoms with Crippen LogP contribution in [0.1, 0.15) is 214 Å². The molecule has 19 nitrogen and oxygen atoms in total. The molecular formula is C82H140O19Si4. The summed E-state index contributed by atoms with van der Waals surface area (Å²) in [5, 5.41) is 0.0557. The second kappa shape index (κ2) is 32.6. The van der Waals surface area contributed by atoms with Crippen LogP contribution in [-0.4, -0.2) is 204 Å². The molecule has 0 aromatic heterocycles. The third-order valence-electron chi connectivity index (χ3n) is 29.9. The molecule has 0 radical (unpaired) electrons. The van der Waals surface area contributed by atoms with Gasteiger partial charge in [-0.2, -0.15) is 0 Å². The van der Waals surface area contributed by atoms with Gasteiger partial charge in [-0.15, -0.1) is 0 Å². The van der Waals surface area contributed by atoms with Gasteiger partial charge in [0.2, 0.25) is 0 Å². The molecular weight excluding hydrogens is 1400 g/mol. The van der Waals surface area contributed by atoms with Crippen LogP contribution in [-0.2, 0) is 88.9 Å². The van der Waals surface area contributed by atoms with Crippen molar-refractivity contribution in [3.8, 4) is 0 Å². The van der Waals surface area contributed by atoms with Gasteiger partial charge in [-0.25, -0.2) is 0 Å². The molecule has 105 heavy (non-hydrogen) atoms. The fraction of sp³-hybridized carbons (Fsp3) is 0.927. The lowest BCUT2D eigenvalue weighted by Gasteiger charge is -2.54. The number of esters is 1. The van der Waals surface area contributed by atoms with Crippen LogP contribution in [0.4, 0.5) is 0 Å². The molecule has 0 aromatic carbocycles. The van der Waals surface area contributed by atoms with E-state index in [-0.39, 0.29) is 139 Å². The average molecular weight is 1540 g/mol. The zero-order valence-corrected chi connectivity index (χ0v) is 71.9. The maximum absolute atomic E-state index is 15.8. The van der Waals surface area contributed by atoms with E-state index in [2.05, 4.69) is 130 Å². The van der Waals surface area contributed by atoms with Crippen LogP contribution in [0.3, 0.4) is 0 Å². The lowest BCUT2D eigenvalue weighted by molar-refractivity contribution is -0.379. The Morgan fingerprint density at radius 1 is 0.562 bits per heavy atom. The predicted molar refractivity (Wildman–Crippen MR) is 412 cm³/mol. The molecule has 0 N–H and O–H groups in total. The minimum absolute atomic E-state index is 0.000803. The smallest absolute Gasteiger partial charge is 0.308 e. The quantitative estimate of drug-likeness (QED) is 0.0532. The number of hydrogen-bond donors (Lipinski definition) is 0. The zero-order chi connectivity index (χ0) is 75.1. The molecule has 14 fully saturated rings. The SMILES string of the molecule is C=C1C[C@@H]2CC[C@@]34C[C@H]5O[C@H]6[C@@H](O3)[C@H]3O[C@H](CC[C@@H]3O[C@H]6[C@H]5O4)CC(=O)O[C@@H]3[C@@H](C)[C@@H]4O[C@H](CC(=O)C[C@@H]5O[C@]6(CC(C)[C@H]7[C@H](OC[C@@H]7[C@H](CO[Si](C)(C)C(C)(C)C)O[Si](CC)(CC)CC)O6)C[C@H](C)[C@@H]5O[Si](CC)(CC)CC)[C@H](O[Si](CC)(CC)CC)C[C@@H]4O[C@H]3C[C@H]3O[C@@H](CC[C@@H]1O2)C[C@@H](C)C3=C. The van der Waals surface area contributed by atoms with Crippen molar-refractivity contribution in [1.29, 1.82) is 0 Å². The fourth-order valence-corrected chi connectivity index (χ4v) is 31.4. The van der Waals surface area contributed by atoms with Crippen molar-refractivity contribution in [2.45, 2.75) is 432 Å². The first kappa shape index (κ1) is 81.8. The summed E-state index contributed by atoms with van der Waals surface area (Å²) in [6.45, 7) is 51.5. The van der Waals surface area contributed by atoms with E-state index < -0.39 is 112 Å². The van der Waals surface area contributed by atoms with E-state index in [9.17, 15) is 0 Å². The van der Waals surface area contributed by atoms with E-state index in [1.165, 1.54) is 0 Å². The molecule has 14 rings (SSSR count). The minimum Gasteiger partial charge on any atom is -0.459 e. The summed E-state index contributed by atoms with van der Waals surface area (Å²) in [5.74, 6) is -2.00. The number of ether oxygens (including phenoxy) is 13. The minimum atomic E-state index is -2.34. The van der Waals surface area contributed by atoms with Crippen LogP contribution in [0.5, 0.6) is 0 Å². The highest BCUT2D eigenvalue weighted by molar-refractivity contribution is 6.75. The first-order valence-electron chi connectivity index (χ1n) is 42.6. The van der Waals surface area contributed by atoms with Crippen molar-refractivity contribution in [2.75, 3.05) is 13.2 Å². The van der Waals surface area contributed by atoms with Gasteiger partial charge >= 0.3 is 5.97 Å². The molecule has 14 aliphatic rings. The van der Waals surface area contributed by atoms with Gasteiger partial charge in [0.15, 0.2) is 51.1 Å². The molecule has 23 heteroatoms. The zero-order valence-electron chi connectivity index (χ0n) is 67.9. The monoisotopic (exact) mass is 1540 g/mol. The maximum Gasteiger partial charge on any atom is 0.308 e. The Hall–Kier alpha value is -1.15. The molecule has 1 unspecified atom stereocenters. The summed E-state index contributed by atoms with van der Waals surface area (Å²) in [5.41, 5.74) is 2.15. The molecule has 14 aliphatic heterocycles. The topological polar surface area (TPSA) is 191 Å². The van der Waals surface area contributed by atoms with Crippen molar-refractivity contribution in [3.05, 3.63) is 24.3 Å². The molecule has 0 aliphatic carbocycles. The summed E-state index contributed by atoms with van der Waals surface area (Å²) < 4.78 is 123. The fourth-order valence-electron chi connectivity index (χ4n) is 21.6. The second-order valence-electron chi connectivity index (χ2n) is 37.0. The van der Waals surface area contributed by atoms with E-state index in [1.807, 2.05) is 0 Å². The van der Waals surface area contributed by atoms with E-state index >= 15 is 9.59 Å². The molecule has 14 saturated heterocycles. The summed E-state index contributed by atoms with van der Waals surface area (Å²) in [7, 11) is -8.78. The molecule has 2 spiro atoms. The van der Waals surface area contributed by atoms with Gasteiger partial charge in [0.05, 0.1) is 111 Å². The standard InChI is InChI=1S/C82H140O19Si4/c1-21-103(22-2,23-3)99-63-42-65-72(92-62(63)38-54(83)39-66-71(101-105(27-7,28-8)29-9)51(13)44-82(95-66)43-50(12)70-58(46-85-79(70)98-82)68(100-104(24-4,25-5)26-6)47-86-102(19,20)80(16,17)18)53(15)73-64(90-65)41-61-52(14)48(10)36-55(88-61)30-32-59-49(11)37-57(87-59)34-35-81-45-67-75(96-81)76-77(93-67)78(97-81)74-60(91-76)33-31-56(89-74)40-69(84)94-73/h48,50-51,53,55-68,70-79H,11,14,21-47H2,1-10,12-13,15-20H3/t48-,50?,51+,53+,55+,56-,57+,58-,59+,60+,61-,62-,63-,64+,65+,66+,67-,68+,70-,71+,72+,73-,74+,75+,76+,77-,78+,79-,81+,82+/m1/s1. The van der Waals surface area contributed by atoms with Crippen LogP contribution < -0.4 is 0 Å². The van der Waals surface area contributed by atoms with E-state index in [1.54, 1.807) is 0 Å². The first-order valence-corrected chi connectivity index (χ1v) is 53.1. The van der Waals surface area contributed by atoms with Crippen LogP contribution >= 0.6 is 0 Å². The van der Waals surface area contributed by atoms with E-state index in [4.69, 9.17) is 85.9 Å². The number of fused-ring (bicyclic) bond motifs is 8. The lowest BCUT2D eigenvalue weighted by Crippen LogP contribution is -2.63. The van der Waals surface area contributed by atoms with Crippen molar-refractivity contribution in [2.24, 2.45) is 35.5 Å². The van der Waals surface area contributed by atoms with Crippen molar-refractivity contribution >= 4 is 45.0 Å². The van der Waals surface area contributed by atoms with Gasteiger partial charge < -0.3 is 79.3 Å². The lowest BCUT2D eigenvalue weighted by atomic mass is 9.73. The van der Waals surface area contributed by atoms with Gasteiger partial charge in [-0.05, 0) is 146 Å². The summed E-state index contributed by atoms with van der Waals surface area (Å²) >= 11 is 0. The number of rotatable bonds is 23. The molecule has 0 aromatic rings. The molecule has 0 amide bonds. The van der Waals surface area contributed by atoms with Gasteiger partial charge in [0.1, 0.15) is 42.4 Å². The number of carbonyl (C=O) groups is 2. The summed E-state index contributed by atoms with van der Waals surface area (Å²) in [6, 6.07) is 8.86. The Kier molecular flexibility index (Phi) is 25.4. The first-order chi connectivity index (χ1) is 49.9. The number of carbonyl (C=O) groups excluding carboxylic acids is 2. The van der Waals surface area contributed by atoms with Gasteiger partial charge in [0, 0.05) is 69.1 Å². The van der Waals surface area contributed by atoms with Crippen LogP contribution in [0.15, 0.2) is 24.3 Å². The van der Waals surface area contributed by atoms with Crippen molar-refractivity contribution in [1.82, 2.24) is 0 Å². The molecule has 12 bridgehead atoms. The van der Waals surface area contributed by atoms with Gasteiger partial charge in [-0.1, -0.05) is 124 Å². The predicted octanol–water partition coefficient (Wildman–Crippen LogP) is 16.2. The molecule has 0 saturated carbocycles. The molecule has 30 atom stereocenters. The Balaban J connectivity index is 0.766. The normalized spacial score (nSPS) is 44.2. The van der Waals surface area contributed by atoms with Gasteiger partial charge in [-0.3, -0.25) is 9.59 Å². The molecule has 598 valence electrons. The Morgan fingerprint density at radius 2 is 1.18 bits per heavy atom. The average Bonchev–Trinajstić information content (AvgIpc) is 1.54. The Labute approximate surface area is 635 Å². The number of Topliss-reactive ketones (excluding diaryl/α,β-unsaturated/α-hetero) is 1. The van der Waals surface area contributed by atoms with Crippen LogP contribution in [0.2, 0.25) is 72.5 Å². The van der Waals surface area contributed by atoms with Gasteiger partial charge in [0.25, 0.3) is 0 Å². The maximum atomic E-state index is 15.8. The Morgan fingerprint density at radius 3 is 1.88 bits per heavy atom. The largest absolute Gasteiger partial charge is 0.459 e. The van der Waals surface area contributed by atoms with Crippen molar-refractivity contribution < 1.29 is 88.9 Å². The highest BCUT2D eigenvalue weighted by Gasteiger charge is 2.69. The highest BCUT2D eigenvalue weighted by atomic mass is 28.4. The van der Waals surface area contributed by atoms with Crippen LogP contribution in [0.25, 0.3) is 0 Å². The van der Waals surface area contributed by atoms with E-state index in [0.29, 0.717) is 64.6 Å². The highest BCUT2D eigenvalue weighted by Crippen LogP contribution is 2.57. The second-order valence-corrected chi connectivity index (χ2v) is 56.0.